The van der Waals surface area contributed by atoms with Gasteiger partial charge in [0, 0.05) is 16.1 Å². The van der Waals surface area contributed by atoms with E-state index in [1.165, 1.54) is 7.11 Å². The van der Waals surface area contributed by atoms with Gasteiger partial charge < -0.3 is 9.84 Å². The zero-order valence-corrected chi connectivity index (χ0v) is 15.3. The molecule has 0 atom stereocenters. The molecule has 1 heterocycles. The fourth-order valence-corrected chi connectivity index (χ4v) is 3.77. The molecule has 25 heavy (non-hydrogen) atoms. The topological polar surface area (TPSA) is 59.4 Å². The molecule has 3 rings (SSSR count). The second-order valence-electron chi connectivity index (χ2n) is 5.37. The van der Waals surface area contributed by atoms with Crippen LogP contribution < -0.4 is 10.3 Å². The van der Waals surface area contributed by atoms with E-state index >= 15 is 0 Å². The van der Waals surface area contributed by atoms with Crippen LogP contribution >= 0.6 is 22.9 Å². The average Bonchev–Trinajstić information content (AvgIpc) is 2.62. The van der Waals surface area contributed by atoms with E-state index in [-0.39, 0.29) is 10.6 Å². The fourth-order valence-electron chi connectivity index (χ4n) is 2.68. The summed E-state index contributed by atoms with van der Waals surface area (Å²) in [6.07, 6.45) is 0.635. The van der Waals surface area contributed by atoms with Crippen LogP contribution in [0.25, 0.3) is 21.7 Å². The molecule has 0 amide bonds. The molecule has 2 aromatic carbocycles. The van der Waals surface area contributed by atoms with Crippen molar-refractivity contribution in [2.45, 2.75) is 13.3 Å². The molecule has 6 heteroatoms. The van der Waals surface area contributed by atoms with E-state index in [1.807, 2.05) is 37.3 Å². The van der Waals surface area contributed by atoms with Gasteiger partial charge in [-0.25, -0.2) is 0 Å². The summed E-state index contributed by atoms with van der Waals surface area (Å²) in [5, 5.41) is 11.5. The van der Waals surface area contributed by atoms with Crippen molar-refractivity contribution in [1.82, 2.24) is 4.98 Å². The number of aryl methyl sites for hydroxylation is 1. The minimum absolute atomic E-state index is 0.0887. The Morgan fingerprint density at radius 3 is 2.52 bits per heavy atom. The van der Waals surface area contributed by atoms with E-state index in [4.69, 9.17) is 16.3 Å². The van der Waals surface area contributed by atoms with Crippen LogP contribution in [0.3, 0.4) is 0 Å². The number of aromatic nitrogens is 1. The first-order valence-electron chi connectivity index (χ1n) is 7.71. The molecule has 0 spiro atoms. The molecule has 128 valence electrons. The Bertz CT molecular complexity index is 945. The van der Waals surface area contributed by atoms with Crippen LogP contribution in [0.5, 0.6) is 10.8 Å². The van der Waals surface area contributed by atoms with E-state index in [0.717, 1.165) is 22.5 Å². The van der Waals surface area contributed by atoms with Crippen LogP contribution in [0.1, 0.15) is 12.5 Å². The summed E-state index contributed by atoms with van der Waals surface area (Å²) in [5.41, 5.74) is 1.80. The highest BCUT2D eigenvalue weighted by Crippen LogP contribution is 2.41. The predicted octanol–water partition coefficient (Wildman–Crippen LogP) is 4.77. The molecule has 3 aromatic rings. The van der Waals surface area contributed by atoms with Crippen molar-refractivity contribution < 1.29 is 9.84 Å². The highest BCUT2D eigenvalue weighted by molar-refractivity contribution is 7.16. The second-order valence-corrected chi connectivity index (χ2v) is 6.78. The van der Waals surface area contributed by atoms with E-state index in [9.17, 15) is 9.90 Å². The number of rotatable bonds is 4. The molecule has 0 saturated carbocycles. The normalized spacial score (nSPS) is 10.7. The summed E-state index contributed by atoms with van der Waals surface area (Å²) < 4.78 is 5.39. The first-order chi connectivity index (χ1) is 12.0. The third-order valence-corrected chi connectivity index (χ3v) is 4.98. The van der Waals surface area contributed by atoms with Crippen LogP contribution in [0.2, 0.25) is 5.02 Å². The minimum atomic E-state index is -0.495. The van der Waals surface area contributed by atoms with Gasteiger partial charge in [-0.1, -0.05) is 60.2 Å². The molecular formula is C19H16ClNO3S. The minimum Gasteiger partial charge on any atom is -0.499 e. The van der Waals surface area contributed by atoms with Gasteiger partial charge >= 0.3 is 0 Å². The van der Waals surface area contributed by atoms with Crippen molar-refractivity contribution in [2.75, 3.05) is 7.11 Å². The SMILES string of the molecule is CCc1cc(Cl)cc(OC)c1-c1c(O)sc(-c2ccccc2)nc1=O. The molecule has 0 unspecified atom stereocenters. The number of methoxy groups -OCH3 is 1. The summed E-state index contributed by atoms with van der Waals surface area (Å²) in [5.74, 6) is 0.443. The third kappa shape index (κ3) is 3.38. The van der Waals surface area contributed by atoms with Crippen molar-refractivity contribution in [3.8, 4) is 32.5 Å². The van der Waals surface area contributed by atoms with Gasteiger partial charge in [-0.3, -0.25) is 4.79 Å². The highest BCUT2D eigenvalue weighted by atomic mass is 35.5. The summed E-state index contributed by atoms with van der Waals surface area (Å²) in [6, 6.07) is 12.7. The predicted molar refractivity (Wildman–Crippen MR) is 102 cm³/mol. The van der Waals surface area contributed by atoms with Crippen molar-refractivity contribution >= 4 is 22.9 Å². The maximum atomic E-state index is 12.7. The van der Waals surface area contributed by atoms with Crippen LogP contribution in [0.4, 0.5) is 0 Å². The van der Waals surface area contributed by atoms with Crippen molar-refractivity contribution in [3.05, 3.63) is 63.4 Å². The lowest BCUT2D eigenvalue weighted by Gasteiger charge is -2.14. The molecule has 0 fully saturated rings. The lowest BCUT2D eigenvalue weighted by atomic mass is 9.99. The first-order valence-corrected chi connectivity index (χ1v) is 8.91. The standard InChI is InChI=1S/C19H16ClNO3S/c1-3-11-9-13(20)10-14(24-2)15(11)16-17(22)21-18(25-19(16)23)12-7-5-4-6-8-12/h4-10,23H,3H2,1-2H3. The Morgan fingerprint density at radius 2 is 1.92 bits per heavy atom. The lowest BCUT2D eigenvalue weighted by Crippen LogP contribution is -2.11. The molecule has 0 saturated heterocycles. The lowest BCUT2D eigenvalue weighted by molar-refractivity contribution is 0.415. The van der Waals surface area contributed by atoms with E-state index in [0.29, 0.717) is 27.8 Å². The zero-order valence-electron chi connectivity index (χ0n) is 13.7. The maximum absolute atomic E-state index is 12.7. The van der Waals surface area contributed by atoms with Crippen LogP contribution in [0, 0.1) is 0 Å². The number of hydrogen-bond donors (Lipinski definition) is 1. The van der Waals surface area contributed by atoms with Crippen LogP contribution in [-0.2, 0) is 6.42 Å². The van der Waals surface area contributed by atoms with E-state index < -0.39 is 5.56 Å². The number of nitrogens with zero attached hydrogens (tertiary/aromatic N) is 1. The Labute approximate surface area is 154 Å². The van der Waals surface area contributed by atoms with Gasteiger partial charge in [-0.15, -0.1) is 0 Å². The number of benzene rings is 2. The molecule has 0 bridgehead atoms. The molecule has 0 aliphatic heterocycles. The summed E-state index contributed by atoms with van der Waals surface area (Å²) in [6.45, 7) is 1.95. The number of hydrogen-bond acceptors (Lipinski definition) is 5. The summed E-state index contributed by atoms with van der Waals surface area (Å²) >= 11 is 7.18. The Hall–Kier alpha value is -2.37. The molecule has 0 aliphatic rings. The summed E-state index contributed by atoms with van der Waals surface area (Å²) in [7, 11) is 1.51. The first kappa shape index (κ1) is 17.5. The van der Waals surface area contributed by atoms with Gasteiger partial charge in [-0.2, -0.15) is 4.98 Å². The van der Waals surface area contributed by atoms with Crippen LogP contribution in [0.15, 0.2) is 47.3 Å². The largest absolute Gasteiger partial charge is 0.499 e. The van der Waals surface area contributed by atoms with Crippen LogP contribution in [-0.4, -0.2) is 17.2 Å². The summed E-state index contributed by atoms with van der Waals surface area (Å²) in [4.78, 5) is 16.9. The number of ether oxygens (including phenoxy) is 1. The van der Waals surface area contributed by atoms with Gasteiger partial charge in [0.2, 0.25) is 0 Å². The monoisotopic (exact) mass is 373 g/mol. The van der Waals surface area contributed by atoms with Gasteiger partial charge in [0.25, 0.3) is 5.56 Å². The molecule has 1 N–H and O–H groups in total. The number of aromatic hydroxyl groups is 1. The van der Waals surface area contributed by atoms with Crippen molar-refractivity contribution in [3.63, 3.8) is 0 Å². The van der Waals surface area contributed by atoms with Gasteiger partial charge in [0.1, 0.15) is 16.3 Å². The quantitative estimate of drug-likeness (QED) is 0.715. The maximum Gasteiger partial charge on any atom is 0.283 e. The van der Waals surface area contributed by atoms with E-state index in [1.54, 1.807) is 12.1 Å². The highest BCUT2D eigenvalue weighted by Gasteiger charge is 2.21. The van der Waals surface area contributed by atoms with Gasteiger partial charge in [0.05, 0.1) is 7.11 Å². The molecule has 4 nitrogen and oxygen atoms in total. The molecule has 0 radical (unpaired) electrons. The van der Waals surface area contributed by atoms with Gasteiger partial charge in [-0.05, 0) is 24.1 Å². The van der Waals surface area contributed by atoms with Crippen molar-refractivity contribution in [1.29, 1.82) is 0 Å². The smallest absolute Gasteiger partial charge is 0.283 e. The Balaban J connectivity index is 2.25. The number of halogens is 1. The average molecular weight is 374 g/mol. The third-order valence-electron chi connectivity index (χ3n) is 3.84. The molecule has 1 aromatic heterocycles. The Morgan fingerprint density at radius 1 is 1.20 bits per heavy atom. The fraction of sp³-hybridized carbons (Fsp3) is 0.158. The Kier molecular flexibility index (Phi) is 5.06. The van der Waals surface area contributed by atoms with Gasteiger partial charge in [0.15, 0.2) is 5.06 Å². The molecular weight excluding hydrogens is 358 g/mol. The molecule has 0 aliphatic carbocycles. The van der Waals surface area contributed by atoms with Crippen molar-refractivity contribution in [2.24, 2.45) is 0 Å². The second kappa shape index (κ2) is 7.25. The van der Waals surface area contributed by atoms with E-state index in [2.05, 4.69) is 4.98 Å². The zero-order chi connectivity index (χ0) is 18.0.